The minimum Gasteiger partial charge on any atom is -0.489 e. The lowest BCUT2D eigenvalue weighted by Gasteiger charge is -2.40. The van der Waals surface area contributed by atoms with Gasteiger partial charge in [0, 0.05) is 36.6 Å². The van der Waals surface area contributed by atoms with Gasteiger partial charge in [-0.25, -0.2) is 4.79 Å². The number of halogens is 2. The summed E-state index contributed by atoms with van der Waals surface area (Å²) in [4.78, 5) is 24.4. The maximum Gasteiger partial charge on any atom is 0.335 e. The maximum atomic E-state index is 12.6. The molecule has 12 heteroatoms. The van der Waals surface area contributed by atoms with Gasteiger partial charge in [0.15, 0.2) is 0 Å². The Morgan fingerprint density at radius 3 is 2.58 bits per heavy atom. The number of hydrogen-bond donors (Lipinski definition) is 3. The topological polar surface area (TPSA) is 153 Å². The molecule has 2 unspecified atom stereocenters. The largest absolute Gasteiger partial charge is 0.489 e. The van der Waals surface area contributed by atoms with Crippen molar-refractivity contribution in [2.45, 2.75) is 64.3 Å². The Kier molecular flexibility index (Phi) is 15.8. The smallest absolute Gasteiger partial charge is 0.335 e. The lowest BCUT2D eigenvalue weighted by Crippen LogP contribution is -2.45. The number of carbonyl (C=O) groups excluding carboxylic acids is 1. The van der Waals surface area contributed by atoms with Crippen LogP contribution in [0.1, 0.15) is 70.8 Å². The standard InChI is InChI=1S/C41H47Cl2N3O7/c1-27-10-4-5-11-33(27)34-12-8-14-41(28(34)2,53-17-9-15-42)26-52-38-22-37(51-25-30-18-29(23-45)19-31(20-30)39(47)48)32(21-35(38)43)24-46-36(40(49)50-3)13-6-7-16-44/h4-5,8,10-12,14,18-22,28,36,46H,6-7,9,13,15-17,24-26,44H2,1-3H3,(H,47,48)/t28-,36?,41?/m0/s1. The van der Waals surface area contributed by atoms with Crippen LogP contribution in [0.4, 0.5) is 0 Å². The Morgan fingerprint density at radius 2 is 1.89 bits per heavy atom. The van der Waals surface area contributed by atoms with Crippen LogP contribution in [0.5, 0.6) is 11.5 Å². The van der Waals surface area contributed by atoms with Crippen molar-refractivity contribution >= 4 is 40.7 Å². The summed E-state index contributed by atoms with van der Waals surface area (Å²) < 4.78 is 24.4. The number of carboxylic acid groups (broad SMARTS) is 1. The van der Waals surface area contributed by atoms with E-state index in [0.29, 0.717) is 59.5 Å². The van der Waals surface area contributed by atoms with Crippen LogP contribution >= 0.6 is 23.2 Å². The van der Waals surface area contributed by atoms with Crippen LogP contribution in [0.25, 0.3) is 5.57 Å². The van der Waals surface area contributed by atoms with Gasteiger partial charge in [0.1, 0.15) is 36.4 Å². The van der Waals surface area contributed by atoms with E-state index in [9.17, 15) is 20.0 Å². The molecule has 0 amide bonds. The number of methoxy groups -OCH3 is 1. The fraction of sp³-hybridized carbons (Fsp3) is 0.390. The normalized spacial score (nSPS) is 17.1. The molecule has 1 aliphatic rings. The van der Waals surface area contributed by atoms with Crippen LogP contribution < -0.4 is 20.5 Å². The summed E-state index contributed by atoms with van der Waals surface area (Å²) in [5.74, 6) is -0.500. The number of benzene rings is 3. The molecular formula is C41H47Cl2N3O7. The van der Waals surface area contributed by atoms with Gasteiger partial charge in [0.25, 0.3) is 0 Å². The average Bonchev–Trinajstić information content (AvgIpc) is 3.16. The molecule has 282 valence electrons. The van der Waals surface area contributed by atoms with Crippen molar-refractivity contribution in [3.8, 4) is 17.6 Å². The van der Waals surface area contributed by atoms with Crippen molar-refractivity contribution in [1.29, 1.82) is 5.26 Å². The number of alkyl halides is 1. The monoisotopic (exact) mass is 763 g/mol. The van der Waals surface area contributed by atoms with E-state index in [0.717, 1.165) is 29.5 Å². The number of aromatic carboxylic acids is 1. The number of ether oxygens (including phenoxy) is 4. The van der Waals surface area contributed by atoms with Crippen LogP contribution in [0.3, 0.4) is 0 Å². The zero-order valence-electron chi connectivity index (χ0n) is 30.3. The number of aryl methyl sites for hydroxylation is 1. The SMILES string of the molecule is COC(=O)C(CCCCN)NCc1cc(Cl)c(OCC2(OCCCCl)C=CC=C(c3ccccc3C)[C@@H]2C)cc1OCc1cc(C#N)cc(C(=O)O)c1. The van der Waals surface area contributed by atoms with E-state index in [2.05, 4.69) is 37.4 Å². The van der Waals surface area contributed by atoms with Gasteiger partial charge in [-0.3, -0.25) is 4.79 Å². The number of esters is 1. The third-order valence-electron chi connectivity index (χ3n) is 9.26. The summed E-state index contributed by atoms with van der Waals surface area (Å²) >= 11 is 12.9. The van der Waals surface area contributed by atoms with E-state index >= 15 is 0 Å². The molecule has 3 atom stereocenters. The summed E-state index contributed by atoms with van der Waals surface area (Å²) in [7, 11) is 1.34. The van der Waals surface area contributed by atoms with Crippen LogP contribution in [-0.4, -0.2) is 61.4 Å². The predicted molar refractivity (Wildman–Crippen MR) is 206 cm³/mol. The molecule has 0 bridgehead atoms. The number of unbranched alkanes of at least 4 members (excludes halogenated alkanes) is 1. The summed E-state index contributed by atoms with van der Waals surface area (Å²) in [6.45, 7) is 5.37. The van der Waals surface area contributed by atoms with Crippen LogP contribution in [-0.2, 0) is 27.4 Å². The van der Waals surface area contributed by atoms with Gasteiger partial charge in [-0.1, -0.05) is 61.4 Å². The molecule has 0 saturated heterocycles. The average molecular weight is 765 g/mol. The number of nitriles is 1. The molecule has 4 rings (SSSR count). The van der Waals surface area contributed by atoms with Crippen molar-refractivity contribution in [2.24, 2.45) is 11.7 Å². The van der Waals surface area contributed by atoms with Crippen LogP contribution in [0.15, 0.2) is 72.8 Å². The first kappa shape index (κ1) is 41.4. The molecule has 1 aliphatic carbocycles. The minimum absolute atomic E-state index is 0.0312. The second-order valence-corrected chi connectivity index (χ2v) is 13.7. The molecule has 0 heterocycles. The van der Waals surface area contributed by atoms with E-state index < -0.39 is 23.6 Å². The van der Waals surface area contributed by atoms with Gasteiger partial charge in [-0.15, -0.1) is 11.6 Å². The summed E-state index contributed by atoms with van der Waals surface area (Å²) in [5, 5.41) is 22.7. The third-order valence-corrected chi connectivity index (χ3v) is 9.82. The Balaban J connectivity index is 1.67. The molecule has 3 aromatic rings. The van der Waals surface area contributed by atoms with E-state index in [1.54, 1.807) is 18.2 Å². The van der Waals surface area contributed by atoms with Gasteiger partial charge in [0.2, 0.25) is 0 Å². The summed E-state index contributed by atoms with van der Waals surface area (Å²) in [6, 6.07) is 17.3. The molecule has 0 saturated carbocycles. The van der Waals surface area contributed by atoms with Gasteiger partial charge < -0.3 is 35.1 Å². The van der Waals surface area contributed by atoms with E-state index in [4.69, 9.17) is 47.9 Å². The molecule has 0 aromatic heterocycles. The fourth-order valence-electron chi connectivity index (χ4n) is 6.24. The van der Waals surface area contributed by atoms with Gasteiger partial charge in [0.05, 0.1) is 29.3 Å². The van der Waals surface area contributed by atoms with Crippen molar-refractivity contribution in [3.05, 3.63) is 111 Å². The lowest BCUT2D eigenvalue weighted by atomic mass is 9.76. The Morgan fingerprint density at radius 1 is 1.09 bits per heavy atom. The maximum absolute atomic E-state index is 12.6. The molecule has 0 fully saturated rings. The van der Waals surface area contributed by atoms with Crippen molar-refractivity contribution in [1.82, 2.24) is 5.32 Å². The van der Waals surface area contributed by atoms with Gasteiger partial charge >= 0.3 is 11.9 Å². The quantitative estimate of drug-likeness (QED) is 0.0596. The predicted octanol–water partition coefficient (Wildman–Crippen LogP) is 7.61. The van der Waals surface area contributed by atoms with E-state index in [-0.39, 0.29) is 36.8 Å². The highest BCUT2D eigenvalue weighted by atomic mass is 35.5. The molecule has 3 aromatic carbocycles. The molecule has 4 N–H and O–H groups in total. The van der Waals surface area contributed by atoms with E-state index in [1.165, 1.54) is 19.2 Å². The first-order chi connectivity index (χ1) is 25.5. The van der Waals surface area contributed by atoms with Crippen molar-refractivity contribution in [3.63, 3.8) is 0 Å². The Hall–Kier alpha value is -4.37. The number of allylic oxidation sites excluding steroid dienone is 2. The highest BCUT2D eigenvalue weighted by molar-refractivity contribution is 6.32. The molecular weight excluding hydrogens is 717 g/mol. The molecule has 0 spiro atoms. The second-order valence-electron chi connectivity index (χ2n) is 12.9. The Bertz CT molecular complexity index is 1840. The second kappa shape index (κ2) is 20.2. The number of rotatable bonds is 20. The van der Waals surface area contributed by atoms with Crippen LogP contribution in [0, 0.1) is 24.2 Å². The number of nitrogens with one attached hydrogen (secondary N) is 1. The zero-order valence-corrected chi connectivity index (χ0v) is 31.8. The minimum atomic E-state index is -1.16. The van der Waals surface area contributed by atoms with Crippen molar-refractivity contribution in [2.75, 3.05) is 32.7 Å². The molecule has 53 heavy (non-hydrogen) atoms. The molecule has 0 aliphatic heterocycles. The molecule has 0 radical (unpaired) electrons. The first-order valence-corrected chi connectivity index (χ1v) is 18.5. The fourth-order valence-corrected chi connectivity index (χ4v) is 6.59. The zero-order chi connectivity index (χ0) is 38.4. The highest BCUT2D eigenvalue weighted by Crippen LogP contribution is 2.41. The number of hydrogen-bond acceptors (Lipinski definition) is 9. The number of carboxylic acids is 1. The lowest BCUT2D eigenvalue weighted by molar-refractivity contribution is -0.143. The Labute approximate surface area is 321 Å². The number of carbonyl (C=O) groups is 2. The number of nitrogens with two attached hydrogens (primary N) is 1. The molecule has 10 nitrogen and oxygen atoms in total. The first-order valence-electron chi connectivity index (χ1n) is 17.6. The van der Waals surface area contributed by atoms with Crippen LogP contribution in [0.2, 0.25) is 5.02 Å². The summed E-state index contributed by atoms with van der Waals surface area (Å²) in [6.07, 6.45) is 8.76. The highest BCUT2D eigenvalue weighted by Gasteiger charge is 2.40. The van der Waals surface area contributed by atoms with Gasteiger partial charge in [-0.2, -0.15) is 5.26 Å². The van der Waals surface area contributed by atoms with Gasteiger partial charge in [-0.05, 0) is 85.3 Å². The van der Waals surface area contributed by atoms with E-state index in [1.807, 2.05) is 30.4 Å². The summed E-state index contributed by atoms with van der Waals surface area (Å²) in [5.41, 5.74) is 9.47. The third kappa shape index (κ3) is 11.1. The number of nitrogens with zero attached hydrogens (tertiary/aromatic N) is 1. The van der Waals surface area contributed by atoms with Crippen molar-refractivity contribution < 1.29 is 33.6 Å².